The monoisotopic (exact) mass is 511 g/mol. The van der Waals surface area contributed by atoms with E-state index >= 15 is 0 Å². The van der Waals surface area contributed by atoms with Crippen LogP contribution in [0.5, 0.6) is 0 Å². The minimum Gasteiger partial charge on any atom is -0.361 e. The number of piperidine rings is 1. The smallest absolute Gasteiger partial charge is 0.225 e. The lowest BCUT2D eigenvalue weighted by molar-refractivity contribution is -0.155. The fourth-order valence-corrected chi connectivity index (χ4v) is 5.12. The molecule has 0 bridgehead atoms. The van der Waals surface area contributed by atoms with Crippen molar-refractivity contribution in [1.29, 1.82) is 0 Å². The Hall–Kier alpha value is -2.52. The van der Waals surface area contributed by atoms with Crippen LogP contribution in [-0.4, -0.2) is 66.4 Å². The van der Waals surface area contributed by atoms with Crippen LogP contribution in [0.4, 0.5) is 5.95 Å². The summed E-state index contributed by atoms with van der Waals surface area (Å²) in [7, 11) is 0. The highest BCUT2D eigenvalue weighted by molar-refractivity contribution is 6.31. The van der Waals surface area contributed by atoms with Gasteiger partial charge in [0.2, 0.25) is 5.95 Å². The van der Waals surface area contributed by atoms with Crippen molar-refractivity contribution in [3.05, 3.63) is 52.9 Å². The van der Waals surface area contributed by atoms with Crippen LogP contribution in [0, 0.1) is 5.92 Å². The molecule has 0 aliphatic carbocycles. The number of carbonyl (C=O) groups is 1. The van der Waals surface area contributed by atoms with E-state index in [9.17, 15) is 4.79 Å². The topological polar surface area (TPSA) is 92.4 Å². The van der Waals surface area contributed by atoms with Gasteiger partial charge >= 0.3 is 0 Å². The molecule has 2 fully saturated rings. The number of anilines is 1. The highest BCUT2D eigenvalue weighted by atomic mass is 35.5. The third kappa shape index (κ3) is 6.42. The molecule has 1 atom stereocenters. The summed E-state index contributed by atoms with van der Waals surface area (Å²) in [5.74, 6) is 1.21. The van der Waals surface area contributed by atoms with E-state index in [1.807, 2.05) is 18.2 Å². The predicted molar refractivity (Wildman–Crippen MR) is 141 cm³/mol. The van der Waals surface area contributed by atoms with Crippen LogP contribution in [0.1, 0.15) is 48.0 Å². The van der Waals surface area contributed by atoms with Crippen LogP contribution < -0.4 is 10.2 Å². The number of nitrogens with zero attached hydrogens (tertiary/aromatic N) is 3. The first-order valence-electron chi connectivity index (χ1n) is 13.0. The summed E-state index contributed by atoms with van der Waals surface area (Å²) in [4.78, 5) is 26.8. The largest absolute Gasteiger partial charge is 0.361 e. The Morgan fingerprint density at radius 2 is 2.03 bits per heavy atom. The van der Waals surface area contributed by atoms with Crippen LogP contribution in [0.15, 0.2) is 36.8 Å². The lowest BCUT2D eigenvalue weighted by atomic mass is 9.97. The molecular weight excluding hydrogens is 478 g/mol. The molecular formula is C27H34ClN5O3. The zero-order valence-electron chi connectivity index (χ0n) is 20.5. The molecule has 3 aromatic rings. The molecule has 2 aliphatic rings. The summed E-state index contributed by atoms with van der Waals surface area (Å²) in [5.41, 5.74) is 2.90. The molecule has 5 rings (SSSR count). The Morgan fingerprint density at radius 3 is 2.81 bits per heavy atom. The molecule has 2 aromatic heterocycles. The van der Waals surface area contributed by atoms with Gasteiger partial charge in [-0.05, 0) is 81.3 Å². The number of hydrogen-bond acceptors (Lipinski definition) is 7. The third-order valence-corrected chi connectivity index (χ3v) is 7.36. The number of aromatic amines is 1. The SMILES string of the molecule is O=C(COC1CCCCO1)c1cnc(N2CCC(CNCCc3c[nH]c4ccc(Cl)cc34)CC2)nc1. The Balaban J connectivity index is 1.01. The fraction of sp³-hybridized carbons (Fsp3) is 0.519. The van der Waals surface area contributed by atoms with E-state index in [0.29, 0.717) is 24.0 Å². The van der Waals surface area contributed by atoms with Crippen LogP contribution in [-0.2, 0) is 15.9 Å². The molecule has 9 heteroatoms. The van der Waals surface area contributed by atoms with Crippen molar-refractivity contribution < 1.29 is 14.3 Å². The van der Waals surface area contributed by atoms with Crippen molar-refractivity contribution in [3.8, 4) is 0 Å². The lowest BCUT2D eigenvalue weighted by Crippen LogP contribution is -2.38. The van der Waals surface area contributed by atoms with Crippen molar-refractivity contribution in [2.24, 2.45) is 5.92 Å². The van der Waals surface area contributed by atoms with Crippen molar-refractivity contribution in [1.82, 2.24) is 20.3 Å². The van der Waals surface area contributed by atoms with Crippen LogP contribution in [0.3, 0.4) is 0 Å². The van der Waals surface area contributed by atoms with Gasteiger partial charge in [0.1, 0.15) is 6.61 Å². The highest BCUT2D eigenvalue weighted by Gasteiger charge is 2.22. The average Bonchev–Trinajstić information content (AvgIpc) is 3.32. The van der Waals surface area contributed by atoms with Crippen molar-refractivity contribution >= 4 is 34.2 Å². The number of H-pyrrole nitrogens is 1. The van der Waals surface area contributed by atoms with Crippen molar-refractivity contribution in [2.75, 3.05) is 44.3 Å². The second-order valence-electron chi connectivity index (χ2n) is 9.69. The molecule has 192 valence electrons. The summed E-state index contributed by atoms with van der Waals surface area (Å²) in [6, 6.07) is 5.97. The van der Waals surface area contributed by atoms with E-state index in [-0.39, 0.29) is 18.7 Å². The van der Waals surface area contributed by atoms with E-state index in [2.05, 4.69) is 31.4 Å². The molecule has 2 saturated heterocycles. The van der Waals surface area contributed by atoms with Gasteiger partial charge in [-0.3, -0.25) is 4.79 Å². The number of benzene rings is 1. The zero-order valence-corrected chi connectivity index (χ0v) is 21.3. The van der Waals surface area contributed by atoms with E-state index < -0.39 is 0 Å². The molecule has 2 aliphatic heterocycles. The molecule has 2 N–H and O–H groups in total. The molecule has 4 heterocycles. The van der Waals surface area contributed by atoms with Crippen molar-refractivity contribution in [2.45, 2.75) is 44.8 Å². The maximum Gasteiger partial charge on any atom is 0.225 e. The molecule has 0 amide bonds. The second kappa shape index (κ2) is 12.1. The molecule has 0 spiro atoms. The number of Topliss-reactive ketones (excluding diaryl/α,β-unsaturated/α-hetero) is 1. The summed E-state index contributed by atoms with van der Waals surface area (Å²) < 4.78 is 11.1. The zero-order chi connectivity index (χ0) is 24.7. The lowest BCUT2D eigenvalue weighted by Gasteiger charge is -2.32. The summed E-state index contributed by atoms with van der Waals surface area (Å²) >= 11 is 6.16. The third-order valence-electron chi connectivity index (χ3n) is 7.13. The number of ketones is 1. The minimum absolute atomic E-state index is 0.000177. The van der Waals surface area contributed by atoms with Gasteiger partial charge in [0.15, 0.2) is 12.1 Å². The molecule has 36 heavy (non-hydrogen) atoms. The van der Waals surface area contributed by atoms with Gasteiger partial charge in [-0.25, -0.2) is 9.97 Å². The van der Waals surface area contributed by atoms with Gasteiger partial charge in [0, 0.05) is 54.2 Å². The molecule has 0 saturated carbocycles. The first kappa shape index (κ1) is 25.1. The van der Waals surface area contributed by atoms with Gasteiger partial charge in [-0.1, -0.05) is 11.6 Å². The minimum atomic E-state index is -0.272. The van der Waals surface area contributed by atoms with Gasteiger partial charge in [0.05, 0.1) is 5.56 Å². The normalized spacial score (nSPS) is 19.1. The Labute approximate surface area is 216 Å². The highest BCUT2D eigenvalue weighted by Crippen LogP contribution is 2.23. The van der Waals surface area contributed by atoms with E-state index in [1.165, 1.54) is 10.9 Å². The van der Waals surface area contributed by atoms with Crippen LogP contribution in [0.2, 0.25) is 5.02 Å². The fourth-order valence-electron chi connectivity index (χ4n) is 4.95. The molecule has 0 radical (unpaired) electrons. The number of hydrogen-bond donors (Lipinski definition) is 2. The number of aromatic nitrogens is 3. The van der Waals surface area contributed by atoms with E-state index in [0.717, 1.165) is 75.2 Å². The molecule has 1 aromatic carbocycles. The maximum absolute atomic E-state index is 12.4. The van der Waals surface area contributed by atoms with Crippen LogP contribution >= 0.6 is 11.6 Å². The van der Waals surface area contributed by atoms with Crippen LogP contribution in [0.25, 0.3) is 10.9 Å². The first-order valence-corrected chi connectivity index (χ1v) is 13.3. The molecule has 1 unspecified atom stereocenters. The van der Waals surface area contributed by atoms with Crippen molar-refractivity contribution in [3.63, 3.8) is 0 Å². The van der Waals surface area contributed by atoms with E-state index in [1.54, 1.807) is 12.4 Å². The number of halogens is 1. The predicted octanol–water partition coefficient (Wildman–Crippen LogP) is 4.39. The average molecular weight is 512 g/mol. The number of rotatable bonds is 10. The Kier molecular flexibility index (Phi) is 8.48. The summed E-state index contributed by atoms with van der Waals surface area (Å²) in [6.07, 6.45) is 11.2. The molecule has 8 nitrogen and oxygen atoms in total. The Morgan fingerprint density at radius 1 is 1.19 bits per heavy atom. The number of ether oxygens (including phenoxy) is 2. The first-order chi connectivity index (χ1) is 17.7. The number of fused-ring (bicyclic) bond motifs is 1. The maximum atomic E-state index is 12.4. The standard InChI is InChI=1S/C27H34ClN5O3/c28-22-4-5-24-23(13-22)20(15-30-24)6-9-29-14-19-7-10-33(11-8-19)27-31-16-21(17-32-27)25(34)18-36-26-3-1-2-12-35-26/h4-5,13,15-17,19,26,29-30H,1-3,6-12,14,18H2. The van der Waals surface area contributed by atoms with Gasteiger partial charge < -0.3 is 24.7 Å². The van der Waals surface area contributed by atoms with E-state index in [4.69, 9.17) is 21.1 Å². The van der Waals surface area contributed by atoms with Gasteiger partial charge in [-0.15, -0.1) is 0 Å². The number of nitrogens with one attached hydrogen (secondary N) is 2. The number of carbonyl (C=O) groups excluding carboxylic acids is 1. The second-order valence-corrected chi connectivity index (χ2v) is 10.1. The van der Waals surface area contributed by atoms with Gasteiger partial charge in [0.25, 0.3) is 0 Å². The quantitative estimate of drug-likeness (QED) is 0.308. The summed E-state index contributed by atoms with van der Waals surface area (Å²) in [6.45, 7) is 4.49. The summed E-state index contributed by atoms with van der Waals surface area (Å²) in [5, 5.41) is 5.60. The Bertz CT molecular complexity index is 1140. The van der Waals surface area contributed by atoms with Gasteiger partial charge in [-0.2, -0.15) is 0 Å².